The fourth-order valence-electron chi connectivity index (χ4n) is 6.27. The SMILES string of the molecule is Cc1cc(N(c2ccccc2)c2cccc3ccccc23)n(C(=O)OC(C)(C)C)c1N(c1ccccc1)c1cccc2ccccc12. The van der Waals surface area contributed by atoms with Crippen LogP contribution in [0.3, 0.4) is 0 Å². The topological polar surface area (TPSA) is 37.7 Å². The Bertz CT molecular complexity index is 2190. The first-order chi connectivity index (χ1) is 22.8. The van der Waals surface area contributed by atoms with Crippen LogP contribution < -0.4 is 9.80 Å². The van der Waals surface area contributed by atoms with E-state index >= 15 is 0 Å². The summed E-state index contributed by atoms with van der Waals surface area (Å²) >= 11 is 0. The van der Waals surface area contributed by atoms with E-state index in [-0.39, 0.29) is 0 Å². The van der Waals surface area contributed by atoms with Gasteiger partial charge in [-0.25, -0.2) is 9.36 Å². The van der Waals surface area contributed by atoms with Gasteiger partial charge in [-0.3, -0.25) is 9.80 Å². The molecule has 0 aliphatic rings. The van der Waals surface area contributed by atoms with Crippen molar-refractivity contribution in [2.75, 3.05) is 9.80 Å². The molecule has 0 saturated heterocycles. The maximum atomic E-state index is 14.7. The second kappa shape index (κ2) is 12.2. The van der Waals surface area contributed by atoms with Gasteiger partial charge in [0.1, 0.15) is 17.2 Å². The van der Waals surface area contributed by atoms with Crippen LogP contribution in [0.2, 0.25) is 0 Å². The number of aryl methyl sites for hydroxylation is 1. The molecule has 0 radical (unpaired) electrons. The summed E-state index contributed by atoms with van der Waals surface area (Å²) in [5.41, 5.74) is 3.97. The maximum Gasteiger partial charge on any atom is 0.421 e. The third-order valence-electron chi connectivity index (χ3n) is 8.20. The lowest BCUT2D eigenvalue weighted by atomic mass is 10.1. The zero-order valence-corrected chi connectivity index (χ0v) is 27.1. The van der Waals surface area contributed by atoms with Crippen molar-refractivity contribution < 1.29 is 9.53 Å². The van der Waals surface area contributed by atoms with E-state index in [0.717, 1.165) is 49.9 Å². The number of para-hydroxylation sites is 2. The molecule has 0 aliphatic carbocycles. The fourth-order valence-corrected chi connectivity index (χ4v) is 6.27. The number of carbonyl (C=O) groups is 1. The van der Waals surface area contributed by atoms with Crippen molar-refractivity contribution in [1.82, 2.24) is 4.57 Å². The monoisotopic (exact) mass is 615 g/mol. The first-order valence-electron chi connectivity index (χ1n) is 15.9. The largest absolute Gasteiger partial charge is 0.443 e. The molecule has 47 heavy (non-hydrogen) atoms. The Kier molecular flexibility index (Phi) is 7.74. The normalized spacial score (nSPS) is 11.5. The third-order valence-corrected chi connectivity index (χ3v) is 8.20. The smallest absolute Gasteiger partial charge is 0.421 e. The van der Waals surface area contributed by atoms with Crippen LogP contribution in [0.4, 0.5) is 39.2 Å². The third kappa shape index (κ3) is 5.72. The molecule has 0 unspecified atom stereocenters. The molecule has 6 aromatic carbocycles. The lowest BCUT2D eigenvalue weighted by Gasteiger charge is -2.32. The van der Waals surface area contributed by atoms with E-state index in [9.17, 15) is 4.79 Å². The highest BCUT2D eigenvalue weighted by Gasteiger charge is 2.32. The molecule has 0 aliphatic heterocycles. The highest BCUT2D eigenvalue weighted by Crippen LogP contribution is 2.47. The molecule has 0 N–H and O–H groups in total. The summed E-state index contributed by atoms with van der Waals surface area (Å²) in [4.78, 5) is 19.0. The molecular weight excluding hydrogens is 578 g/mol. The Labute approximate surface area is 275 Å². The molecule has 5 nitrogen and oxygen atoms in total. The van der Waals surface area contributed by atoms with Crippen LogP contribution in [0.1, 0.15) is 26.3 Å². The first kappa shape index (κ1) is 29.9. The molecule has 0 saturated carbocycles. The van der Waals surface area contributed by atoms with Gasteiger partial charge in [-0.1, -0.05) is 109 Å². The molecule has 232 valence electrons. The first-order valence-corrected chi connectivity index (χ1v) is 15.9. The van der Waals surface area contributed by atoms with E-state index in [4.69, 9.17) is 4.74 Å². The van der Waals surface area contributed by atoms with Crippen molar-refractivity contribution in [2.24, 2.45) is 0 Å². The molecule has 7 rings (SSSR count). The number of nitrogens with zero attached hydrogens (tertiary/aromatic N) is 3. The average Bonchev–Trinajstić information content (AvgIpc) is 3.41. The Morgan fingerprint density at radius 2 is 1.02 bits per heavy atom. The summed E-state index contributed by atoms with van der Waals surface area (Å²) in [5, 5.41) is 4.37. The van der Waals surface area contributed by atoms with Gasteiger partial charge in [0.25, 0.3) is 0 Å². The summed E-state index contributed by atoms with van der Waals surface area (Å²) in [7, 11) is 0. The van der Waals surface area contributed by atoms with Crippen molar-refractivity contribution in [3.63, 3.8) is 0 Å². The number of aromatic nitrogens is 1. The molecule has 0 bridgehead atoms. The van der Waals surface area contributed by atoms with Crippen molar-refractivity contribution >= 4 is 62.0 Å². The Morgan fingerprint density at radius 1 is 0.574 bits per heavy atom. The van der Waals surface area contributed by atoms with Gasteiger partial charge < -0.3 is 4.74 Å². The van der Waals surface area contributed by atoms with Gasteiger partial charge in [-0.15, -0.1) is 0 Å². The molecule has 0 atom stereocenters. The van der Waals surface area contributed by atoms with Crippen LogP contribution in [0, 0.1) is 6.92 Å². The molecule has 0 fully saturated rings. The number of benzene rings is 6. The highest BCUT2D eigenvalue weighted by atomic mass is 16.6. The molecule has 0 amide bonds. The zero-order chi connectivity index (χ0) is 32.5. The molecule has 7 aromatic rings. The molecule has 0 spiro atoms. The van der Waals surface area contributed by atoms with Crippen molar-refractivity contribution in [2.45, 2.75) is 33.3 Å². The Morgan fingerprint density at radius 3 is 1.55 bits per heavy atom. The van der Waals surface area contributed by atoms with Crippen LogP contribution in [0.15, 0.2) is 152 Å². The minimum atomic E-state index is -0.724. The predicted octanol–water partition coefficient (Wildman–Crippen LogP) is 11.8. The quantitative estimate of drug-likeness (QED) is 0.187. The van der Waals surface area contributed by atoms with E-state index in [1.807, 2.05) is 69.3 Å². The number of hydrogen-bond donors (Lipinski definition) is 0. The van der Waals surface area contributed by atoms with Crippen LogP contribution in [0.5, 0.6) is 0 Å². The van der Waals surface area contributed by atoms with E-state index in [1.54, 1.807) is 4.57 Å². The summed E-state index contributed by atoms with van der Waals surface area (Å²) in [6.45, 7) is 7.77. The van der Waals surface area contributed by atoms with Gasteiger partial charge in [0.05, 0.1) is 11.4 Å². The molecule has 1 aromatic heterocycles. The number of anilines is 6. The second-order valence-electron chi connectivity index (χ2n) is 12.7. The maximum absolute atomic E-state index is 14.7. The number of ether oxygens (including phenoxy) is 1. The van der Waals surface area contributed by atoms with E-state index < -0.39 is 11.7 Å². The average molecular weight is 616 g/mol. The summed E-state index contributed by atoms with van der Waals surface area (Å²) in [6.07, 6.45) is -0.460. The standard InChI is InChI=1S/C42H37N3O2/c1-30-29-39(43(33-21-7-5-8-22-33)37-27-15-19-31-17-11-13-25-35(31)37)45(41(46)47-42(2,3)4)40(30)44(34-23-9-6-10-24-34)38-28-16-20-32-18-12-14-26-36(32)38/h5-29H,1-4H3. The van der Waals surface area contributed by atoms with E-state index in [1.165, 1.54) is 0 Å². The molecular formula is C42H37N3O2. The van der Waals surface area contributed by atoms with Gasteiger partial charge in [0.2, 0.25) is 0 Å². The van der Waals surface area contributed by atoms with Crippen molar-refractivity contribution in [3.05, 3.63) is 157 Å². The summed E-state index contributed by atoms with van der Waals surface area (Å²) in [5.74, 6) is 1.38. The van der Waals surface area contributed by atoms with Crippen LogP contribution >= 0.6 is 0 Å². The number of rotatable bonds is 6. The minimum absolute atomic E-state index is 0.460. The summed E-state index contributed by atoms with van der Waals surface area (Å²) in [6, 6.07) is 51.8. The zero-order valence-electron chi connectivity index (χ0n) is 27.1. The van der Waals surface area contributed by atoms with Crippen LogP contribution in [0.25, 0.3) is 21.5 Å². The van der Waals surface area contributed by atoms with Gasteiger partial charge in [0, 0.05) is 22.1 Å². The van der Waals surface area contributed by atoms with Gasteiger partial charge >= 0.3 is 6.09 Å². The van der Waals surface area contributed by atoms with Crippen LogP contribution in [-0.4, -0.2) is 16.3 Å². The number of fused-ring (bicyclic) bond motifs is 2. The van der Waals surface area contributed by atoms with Gasteiger partial charge in [0.15, 0.2) is 0 Å². The van der Waals surface area contributed by atoms with Gasteiger partial charge in [-0.2, -0.15) is 0 Å². The highest BCUT2D eigenvalue weighted by molar-refractivity contribution is 6.03. The minimum Gasteiger partial charge on any atom is -0.443 e. The Balaban J connectivity index is 1.57. The predicted molar refractivity (Wildman–Crippen MR) is 195 cm³/mol. The van der Waals surface area contributed by atoms with E-state index in [2.05, 4.69) is 120 Å². The van der Waals surface area contributed by atoms with Crippen LogP contribution in [-0.2, 0) is 4.74 Å². The number of carbonyl (C=O) groups excluding carboxylic acids is 1. The molecule has 5 heteroatoms. The van der Waals surface area contributed by atoms with Crippen molar-refractivity contribution in [1.29, 1.82) is 0 Å². The van der Waals surface area contributed by atoms with E-state index in [0.29, 0.717) is 11.6 Å². The molecule has 1 heterocycles. The second-order valence-corrected chi connectivity index (χ2v) is 12.7. The van der Waals surface area contributed by atoms with Crippen molar-refractivity contribution in [3.8, 4) is 0 Å². The lowest BCUT2D eigenvalue weighted by molar-refractivity contribution is 0.0543. The fraction of sp³-hybridized carbons (Fsp3) is 0.119. The summed E-state index contributed by atoms with van der Waals surface area (Å²) < 4.78 is 7.95. The van der Waals surface area contributed by atoms with Gasteiger partial charge in [-0.05, 0) is 86.5 Å². The number of hydrogen-bond acceptors (Lipinski definition) is 4. The lowest BCUT2D eigenvalue weighted by Crippen LogP contribution is -2.30. The Hall–Kier alpha value is -5.81.